The van der Waals surface area contributed by atoms with Crippen molar-refractivity contribution < 1.29 is 4.74 Å². The first-order valence-corrected chi connectivity index (χ1v) is 5.09. The molecule has 0 saturated carbocycles. The van der Waals surface area contributed by atoms with E-state index in [-0.39, 0.29) is 0 Å². The molecule has 0 fully saturated rings. The summed E-state index contributed by atoms with van der Waals surface area (Å²) in [7, 11) is 0. The molecule has 1 heterocycles. The summed E-state index contributed by atoms with van der Waals surface area (Å²) in [6, 6.07) is 3.85. The Morgan fingerprint density at radius 1 is 1.50 bits per heavy atom. The average molecular weight is 194 g/mol. The molecule has 1 aromatic heterocycles. The highest BCUT2D eigenvalue weighted by molar-refractivity contribution is 5.25. The van der Waals surface area contributed by atoms with Crippen LogP contribution < -0.4 is 10.1 Å². The van der Waals surface area contributed by atoms with Crippen LogP contribution in [-0.2, 0) is 0 Å². The van der Waals surface area contributed by atoms with Crippen LogP contribution in [0.5, 0.6) is 5.75 Å². The molecule has 0 amide bonds. The summed E-state index contributed by atoms with van der Waals surface area (Å²) in [6.07, 6.45) is 2.81. The van der Waals surface area contributed by atoms with Crippen molar-refractivity contribution in [1.82, 2.24) is 10.3 Å². The molecule has 0 aromatic carbocycles. The molecule has 0 bridgehead atoms. The quantitative estimate of drug-likeness (QED) is 0.701. The van der Waals surface area contributed by atoms with Crippen LogP contribution in [0.3, 0.4) is 0 Å². The lowest BCUT2D eigenvalue weighted by Gasteiger charge is -2.07. The highest BCUT2D eigenvalue weighted by Gasteiger charge is 1.97. The zero-order valence-corrected chi connectivity index (χ0v) is 8.92. The Morgan fingerprint density at radius 2 is 2.36 bits per heavy atom. The lowest BCUT2D eigenvalue weighted by atomic mass is 10.3. The number of nitrogens with zero attached hydrogens (tertiary/aromatic N) is 1. The van der Waals surface area contributed by atoms with E-state index in [1.165, 1.54) is 0 Å². The van der Waals surface area contributed by atoms with Gasteiger partial charge < -0.3 is 10.1 Å². The number of pyridine rings is 1. The monoisotopic (exact) mass is 194 g/mol. The first kappa shape index (κ1) is 11.0. The SMILES string of the molecule is CCNCCCOc1cccnc1C. The summed E-state index contributed by atoms with van der Waals surface area (Å²) in [5.41, 5.74) is 0.955. The van der Waals surface area contributed by atoms with Crippen molar-refractivity contribution in [3.05, 3.63) is 24.0 Å². The van der Waals surface area contributed by atoms with Crippen molar-refractivity contribution in [3.8, 4) is 5.75 Å². The number of ether oxygens (including phenoxy) is 1. The molecule has 0 radical (unpaired) electrons. The lowest BCUT2D eigenvalue weighted by molar-refractivity contribution is 0.305. The smallest absolute Gasteiger partial charge is 0.140 e. The number of hydrogen-bond donors (Lipinski definition) is 1. The Kier molecular flexibility index (Phi) is 5.00. The van der Waals surface area contributed by atoms with Crippen LogP contribution in [0, 0.1) is 6.92 Å². The summed E-state index contributed by atoms with van der Waals surface area (Å²) in [5, 5.41) is 3.25. The van der Waals surface area contributed by atoms with E-state index in [4.69, 9.17) is 4.74 Å². The topological polar surface area (TPSA) is 34.1 Å². The van der Waals surface area contributed by atoms with Gasteiger partial charge in [0, 0.05) is 6.20 Å². The van der Waals surface area contributed by atoms with E-state index in [1.807, 2.05) is 19.1 Å². The molecule has 78 valence electrons. The predicted octanol–water partition coefficient (Wildman–Crippen LogP) is 1.77. The van der Waals surface area contributed by atoms with Gasteiger partial charge in [0.15, 0.2) is 0 Å². The van der Waals surface area contributed by atoms with Gasteiger partial charge in [0.05, 0.1) is 12.3 Å². The summed E-state index contributed by atoms with van der Waals surface area (Å²) >= 11 is 0. The zero-order chi connectivity index (χ0) is 10.2. The van der Waals surface area contributed by atoms with Crippen LogP contribution in [0.1, 0.15) is 19.0 Å². The fraction of sp³-hybridized carbons (Fsp3) is 0.545. The van der Waals surface area contributed by atoms with Gasteiger partial charge in [0.2, 0.25) is 0 Å². The Bertz CT molecular complexity index is 263. The molecule has 3 heteroatoms. The molecule has 0 aliphatic carbocycles. The minimum atomic E-state index is 0.750. The predicted molar refractivity (Wildman–Crippen MR) is 57.6 cm³/mol. The fourth-order valence-electron chi connectivity index (χ4n) is 1.18. The highest BCUT2D eigenvalue weighted by Crippen LogP contribution is 2.13. The van der Waals surface area contributed by atoms with Crippen LogP contribution in [0.25, 0.3) is 0 Å². The molecule has 0 unspecified atom stereocenters. The normalized spacial score (nSPS) is 10.1. The summed E-state index contributed by atoms with van der Waals surface area (Å²) < 4.78 is 5.58. The van der Waals surface area contributed by atoms with Crippen LogP contribution >= 0.6 is 0 Å². The first-order valence-electron chi connectivity index (χ1n) is 5.09. The van der Waals surface area contributed by atoms with Gasteiger partial charge in [-0.1, -0.05) is 6.92 Å². The number of hydrogen-bond acceptors (Lipinski definition) is 3. The maximum Gasteiger partial charge on any atom is 0.140 e. The molecule has 0 aliphatic rings. The van der Waals surface area contributed by atoms with E-state index in [0.29, 0.717) is 0 Å². The van der Waals surface area contributed by atoms with Crippen LogP contribution in [-0.4, -0.2) is 24.7 Å². The van der Waals surface area contributed by atoms with Gasteiger partial charge >= 0.3 is 0 Å². The van der Waals surface area contributed by atoms with Gasteiger partial charge in [0.1, 0.15) is 5.75 Å². The Hall–Kier alpha value is -1.09. The van der Waals surface area contributed by atoms with E-state index in [1.54, 1.807) is 6.20 Å². The average Bonchev–Trinajstić information content (AvgIpc) is 2.20. The largest absolute Gasteiger partial charge is 0.492 e. The maximum absolute atomic E-state index is 5.58. The minimum Gasteiger partial charge on any atom is -0.492 e. The molecule has 0 spiro atoms. The molecule has 1 aromatic rings. The second-order valence-electron chi connectivity index (χ2n) is 3.14. The minimum absolute atomic E-state index is 0.750. The second-order valence-corrected chi connectivity index (χ2v) is 3.14. The van der Waals surface area contributed by atoms with Crippen LogP contribution in [0.4, 0.5) is 0 Å². The second kappa shape index (κ2) is 6.38. The fourth-order valence-corrected chi connectivity index (χ4v) is 1.18. The highest BCUT2D eigenvalue weighted by atomic mass is 16.5. The van der Waals surface area contributed by atoms with Gasteiger partial charge in [-0.05, 0) is 38.6 Å². The summed E-state index contributed by atoms with van der Waals surface area (Å²) in [4.78, 5) is 4.15. The number of aryl methyl sites for hydroxylation is 1. The molecular formula is C11H18N2O. The third kappa shape index (κ3) is 3.75. The molecular weight excluding hydrogens is 176 g/mol. The number of nitrogens with one attached hydrogen (secondary N) is 1. The lowest BCUT2D eigenvalue weighted by Crippen LogP contribution is -2.16. The third-order valence-electron chi connectivity index (χ3n) is 1.96. The van der Waals surface area contributed by atoms with E-state index >= 15 is 0 Å². The van der Waals surface area contributed by atoms with E-state index < -0.39 is 0 Å². The van der Waals surface area contributed by atoms with Gasteiger partial charge in [0.25, 0.3) is 0 Å². The molecule has 1 N–H and O–H groups in total. The van der Waals surface area contributed by atoms with Gasteiger partial charge in [-0.25, -0.2) is 0 Å². The number of rotatable bonds is 6. The van der Waals surface area contributed by atoms with Crippen molar-refractivity contribution in [2.24, 2.45) is 0 Å². The summed E-state index contributed by atoms with van der Waals surface area (Å²) in [5.74, 6) is 0.893. The van der Waals surface area contributed by atoms with Gasteiger partial charge in [-0.3, -0.25) is 4.98 Å². The molecule has 3 nitrogen and oxygen atoms in total. The summed E-state index contributed by atoms with van der Waals surface area (Å²) in [6.45, 7) is 6.84. The zero-order valence-electron chi connectivity index (χ0n) is 8.92. The van der Waals surface area contributed by atoms with Crippen molar-refractivity contribution in [2.45, 2.75) is 20.3 Å². The van der Waals surface area contributed by atoms with Crippen LogP contribution in [0.2, 0.25) is 0 Å². The molecule has 0 aliphatic heterocycles. The van der Waals surface area contributed by atoms with E-state index in [2.05, 4.69) is 17.2 Å². The van der Waals surface area contributed by atoms with Crippen molar-refractivity contribution in [2.75, 3.05) is 19.7 Å². The van der Waals surface area contributed by atoms with E-state index in [0.717, 1.165) is 37.6 Å². The van der Waals surface area contributed by atoms with Crippen LogP contribution in [0.15, 0.2) is 18.3 Å². The number of aromatic nitrogens is 1. The molecule has 0 atom stereocenters. The van der Waals surface area contributed by atoms with Gasteiger partial charge in [-0.15, -0.1) is 0 Å². The first-order chi connectivity index (χ1) is 6.84. The third-order valence-corrected chi connectivity index (χ3v) is 1.96. The Morgan fingerprint density at radius 3 is 3.07 bits per heavy atom. The Labute approximate surface area is 85.5 Å². The molecule has 14 heavy (non-hydrogen) atoms. The van der Waals surface area contributed by atoms with E-state index in [9.17, 15) is 0 Å². The maximum atomic E-state index is 5.58. The molecule has 0 saturated heterocycles. The van der Waals surface area contributed by atoms with Gasteiger partial charge in [-0.2, -0.15) is 0 Å². The van der Waals surface area contributed by atoms with Crippen molar-refractivity contribution in [3.63, 3.8) is 0 Å². The molecule has 1 rings (SSSR count). The Balaban J connectivity index is 2.21. The standard InChI is InChI=1S/C11H18N2O/c1-3-12-7-5-9-14-11-6-4-8-13-10(11)2/h4,6,8,12H,3,5,7,9H2,1-2H3. The van der Waals surface area contributed by atoms with Crippen molar-refractivity contribution >= 4 is 0 Å². The van der Waals surface area contributed by atoms with Crippen molar-refractivity contribution in [1.29, 1.82) is 0 Å².